The van der Waals surface area contributed by atoms with Crippen molar-refractivity contribution >= 4 is 39.2 Å². The summed E-state index contributed by atoms with van der Waals surface area (Å²) in [6.45, 7) is 3.09. The van der Waals surface area contributed by atoms with Crippen LogP contribution < -0.4 is 4.90 Å². The lowest BCUT2D eigenvalue weighted by atomic mass is 10.1. The number of aryl methyl sites for hydroxylation is 1. The molecule has 160 valence electrons. The maximum absolute atomic E-state index is 6.23. The Labute approximate surface area is 191 Å². The number of fused-ring (bicyclic) bond motifs is 3. The van der Waals surface area contributed by atoms with Crippen molar-refractivity contribution in [3.63, 3.8) is 0 Å². The molecule has 0 unspecified atom stereocenters. The van der Waals surface area contributed by atoms with Crippen LogP contribution >= 0.6 is 0 Å². The topological polar surface area (TPSA) is 47.1 Å². The zero-order valence-corrected chi connectivity index (χ0v) is 18.2. The SMILES string of the molecule is CCn1c2ccccc2c2cc(-c3nnc(N(c4ccccc4)c4ccccc4)o3)ccc21. The predicted molar refractivity (Wildman–Crippen MR) is 133 cm³/mol. The van der Waals surface area contributed by atoms with Gasteiger partial charge in [0.05, 0.1) is 11.4 Å². The van der Waals surface area contributed by atoms with E-state index in [4.69, 9.17) is 4.42 Å². The van der Waals surface area contributed by atoms with Crippen LogP contribution in [0.1, 0.15) is 6.92 Å². The van der Waals surface area contributed by atoms with Gasteiger partial charge in [-0.2, -0.15) is 0 Å². The molecule has 0 fully saturated rings. The average molecular weight is 431 g/mol. The highest BCUT2D eigenvalue weighted by Crippen LogP contribution is 2.36. The lowest BCUT2D eigenvalue weighted by Gasteiger charge is -2.20. The van der Waals surface area contributed by atoms with Crippen LogP contribution in [-0.4, -0.2) is 14.8 Å². The minimum absolute atomic E-state index is 0.429. The zero-order valence-electron chi connectivity index (χ0n) is 18.2. The van der Waals surface area contributed by atoms with E-state index >= 15 is 0 Å². The average Bonchev–Trinajstić information content (AvgIpc) is 3.48. The maximum Gasteiger partial charge on any atom is 0.327 e. The second kappa shape index (κ2) is 7.95. The van der Waals surface area contributed by atoms with Gasteiger partial charge in [-0.15, -0.1) is 5.10 Å². The molecule has 2 heterocycles. The number of aromatic nitrogens is 3. The van der Waals surface area contributed by atoms with Crippen molar-refractivity contribution in [1.29, 1.82) is 0 Å². The number of anilines is 3. The van der Waals surface area contributed by atoms with Gasteiger partial charge >= 0.3 is 6.01 Å². The largest absolute Gasteiger partial charge is 0.403 e. The molecule has 5 heteroatoms. The Morgan fingerprint density at radius 3 is 2.03 bits per heavy atom. The minimum Gasteiger partial charge on any atom is -0.403 e. The first-order valence-corrected chi connectivity index (χ1v) is 11.1. The van der Waals surface area contributed by atoms with E-state index in [0.717, 1.165) is 23.5 Å². The summed E-state index contributed by atoms with van der Waals surface area (Å²) in [7, 11) is 0. The minimum atomic E-state index is 0.429. The van der Waals surface area contributed by atoms with Crippen molar-refractivity contribution in [2.45, 2.75) is 13.5 Å². The van der Waals surface area contributed by atoms with E-state index in [1.807, 2.05) is 65.6 Å². The number of para-hydroxylation sites is 3. The molecule has 0 aliphatic carbocycles. The first-order valence-electron chi connectivity index (χ1n) is 11.1. The molecule has 0 aliphatic heterocycles. The first kappa shape index (κ1) is 19.3. The monoisotopic (exact) mass is 430 g/mol. The van der Waals surface area contributed by atoms with Crippen LogP contribution in [0.25, 0.3) is 33.3 Å². The summed E-state index contributed by atoms with van der Waals surface area (Å²) in [4.78, 5) is 1.97. The van der Waals surface area contributed by atoms with Gasteiger partial charge < -0.3 is 8.98 Å². The third kappa shape index (κ3) is 3.26. The molecule has 0 saturated carbocycles. The van der Waals surface area contributed by atoms with E-state index in [1.165, 1.54) is 21.8 Å². The molecule has 4 aromatic carbocycles. The highest BCUT2D eigenvalue weighted by atomic mass is 16.4. The van der Waals surface area contributed by atoms with Gasteiger partial charge in [0.2, 0.25) is 5.89 Å². The van der Waals surface area contributed by atoms with Crippen molar-refractivity contribution in [3.8, 4) is 11.5 Å². The molecule has 0 radical (unpaired) electrons. The first-order chi connectivity index (χ1) is 16.3. The Hall–Kier alpha value is -4.38. The Bertz CT molecular complexity index is 1510. The van der Waals surface area contributed by atoms with Gasteiger partial charge in [-0.3, -0.25) is 4.90 Å². The Morgan fingerprint density at radius 1 is 0.697 bits per heavy atom. The fourth-order valence-electron chi connectivity index (χ4n) is 4.47. The Morgan fingerprint density at radius 2 is 1.33 bits per heavy atom. The third-order valence-corrected chi connectivity index (χ3v) is 5.97. The number of rotatable bonds is 5. The molecule has 0 N–H and O–H groups in total. The van der Waals surface area contributed by atoms with E-state index in [0.29, 0.717) is 11.9 Å². The van der Waals surface area contributed by atoms with Crippen molar-refractivity contribution < 1.29 is 4.42 Å². The van der Waals surface area contributed by atoms with Gasteiger partial charge in [-0.05, 0) is 55.5 Å². The summed E-state index contributed by atoms with van der Waals surface area (Å²) < 4.78 is 8.57. The van der Waals surface area contributed by atoms with Gasteiger partial charge in [-0.25, -0.2) is 0 Å². The van der Waals surface area contributed by atoms with Crippen LogP contribution in [0.15, 0.2) is 108 Å². The van der Waals surface area contributed by atoms with E-state index in [9.17, 15) is 0 Å². The number of nitrogens with zero attached hydrogens (tertiary/aromatic N) is 4. The highest BCUT2D eigenvalue weighted by molar-refractivity contribution is 6.09. The van der Waals surface area contributed by atoms with Crippen LogP contribution in [0, 0.1) is 0 Å². The molecule has 0 aliphatic rings. The lowest BCUT2D eigenvalue weighted by molar-refractivity contribution is 0.575. The predicted octanol–water partition coefficient (Wildman–Crippen LogP) is 7.33. The quantitative estimate of drug-likeness (QED) is 0.287. The smallest absolute Gasteiger partial charge is 0.327 e. The second-order valence-corrected chi connectivity index (χ2v) is 7.89. The molecule has 2 aromatic heterocycles. The molecule has 0 spiro atoms. The van der Waals surface area contributed by atoms with Gasteiger partial charge in [-0.1, -0.05) is 59.7 Å². The van der Waals surface area contributed by atoms with Crippen LogP contribution in [0.5, 0.6) is 0 Å². The second-order valence-electron chi connectivity index (χ2n) is 7.89. The van der Waals surface area contributed by atoms with Crippen LogP contribution in [0.4, 0.5) is 17.4 Å². The van der Waals surface area contributed by atoms with Crippen LogP contribution in [-0.2, 0) is 6.54 Å². The van der Waals surface area contributed by atoms with Crippen molar-refractivity contribution in [3.05, 3.63) is 103 Å². The molecule has 0 atom stereocenters. The summed E-state index contributed by atoms with van der Waals surface area (Å²) in [6, 6.07) is 35.4. The molecule has 0 bridgehead atoms. The highest BCUT2D eigenvalue weighted by Gasteiger charge is 2.20. The number of hydrogen-bond donors (Lipinski definition) is 0. The zero-order chi connectivity index (χ0) is 22.2. The molecular weight excluding hydrogens is 408 g/mol. The summed E-state index contributed by atoms with van der Waals surface area (Å²) in [5.41, 5.74) is 5.26. The Balaban J connectivity index is 1.47. The summed E-state index contributed by atoms with van der Waals surface area (Å²) in [5, 5.41) is 11.2. The van der Waals surface area contributed by atoms with E-state index < -0.39 is 0 Å². The van der Waals surface area contributed by atoms with E-state index in [2.05, 4.69) is 64.2 Å². The molecular formula is C28H22N4O. The van der Waals surface area contributed by atoms with Crippen LogP contribution in [0.2, 0.25) is 0 Å². The summed E-state index contributed by atoms with van der Waals surface area (Å²) in [5.74, 6) is 0.497. The fraction of sp³-hybridized carbons (Fsp3) is 0.0714. The number of benzene rings is 4. The molecule has 5 nitrogen and oxygen atoms in total. The van der Waals surface area contributed by atoms with Crippen LogP contribution in [0.3, 0.4) is 0 Å². The Kier molecular flexibility index (Phi) is 4.65. The lowest BCUT2D eigenvalue weighted by Crippen LogP contribution is -2.09. The summed E-state index contributed by atoms with van der Waals surface area (Å²) >= 11 is 0. The molecule has 0 saturated heterocycles. The van der Waals surface area contributed by atoms with Gasteiger partial charge in [0.1, 0.15) is 0 Å². The van der Waals surface area contributed by atoms with E-state index in [-0.39, 0.29) is 0 Å². The standard InChI is InChI=1S/C28H22N4O/c1-2-31-25-16-10-9-15-23(25)24-19-20(17-18-26(24)31)27-29-30-28(33-27)32(21-11-5-3-6-12-21)22-13-7-4-8-14-22/h3-19H,2H2,1H3. The third-order valence-electron chi connectivity index (χ3n) is 5.97. The van der Waals surface area contributed by atoms with Gasteiger partial charge in [0.15, 0.2) is 0 Å². The molecule has 6 aromatic rings. The van der Waals surface area contributed by atoms with E-state index in [1.54, 1.807) is 0 Å². The van der Waals surface area contributed by atoms with Gasteiger partial charge in [0, 0.05) is 33.9 Å². The maximum atomic E-state index is 6.23. The molecule has 33 heavy (non-hydrogen) atoms. The van der Waals surface area contributed by atoms with Gasteiger partial charge in [0.25, 0.3) is 0 Å². The molecule has 0 amide bonds. The fourth-order valence-corrected chi connectivity index (χ4v) is 4.47. The van der Waals surface area contributed by atoms with Crippen molar-refractivity contribution in [2.24, 2.45) is 0 Å². The molecule has 6 rings (SSSR count). The van der Waals surface area contributed by atoms with Crippen molar-refractivity contribution in [1.82, 2.24) is 14.8 Å². The summed E-state index contributed by atoms with van der Waals surface area (Å²) in [6.07, 6.45) is 0. The van der Waals surface area contributed by atoms with Crippen molar-refractivity contribution in [2.75, 3.05) is 4.90 Å². The normalized spacial score (nSPS) is 11.3. The number of hydrogen-bond acceptors (Lipinski definition) is 4.